The Morgan fingerprint density at radius 1 is 1.11 bits per heavy atom. The van der Waals surface area contributed by atoms with Crippen LogP contribution >= 0.6 is 0 Å². The molecule has 2 N–H and O–H groups in total. The van der Waals surface area contributed by atoms with Gasteiger partial charge in [-0.25, -0.2) is 10.0 Å². The summed E-state index contributed by atoms with van der Waals surface area (Å²) in [6.07, 6.45) is 1.94. The third-order valence-electron chi connectivity index (χ3n) is 5.72. The van der Waals surface area contributed by atoms with Gasteiger partial charge in [0.1, 0.15) is 0 Å². The fraction of sp³-hybridized carbons (Fsp3) is 0.304. The van der Waals surface area contributed by atoms with Gasteiger partial charge in [0.05, 0.1) is 12.3 Å². The molecule has 1 aliphatic heterocycles. The van der Waals surface area contributed by atoms with E-state index in [0.29, 0.717) is 5.92 Å². The molecule has 0 spiro atoms. The summed E-state index contributed by atoms with van der Waals surface area (Å²) in [4.78, 5) is 8.19. The molecular formula is C23H25N5. The molecule has 2 aliphatic rings. The van der Waals surface area contributed by atoms with Crippen molar-refractivity contribution in [3.63, 3.8) is 0 Å². The number of aliphatic imine (C=N–C) groups is 1. The Labute approximate surface area is 165 Å². The first-order chi connectivity index (χ1) is 13.7. The average Bonchev–Trinajstić information content (AvgIpc) is 3.36. The van der Waals surface area contributed by atoms with E-state index in [-0.39, 0.29) is 0 Å². The standard InChI is InChI=1S/C23H25N5/c1-15-8-9-19-18(12-15)22-20(26-19)13-17(16-6-4-3-5-7-16)14-21(22)27-28(2)23-24-10-11-25-23/h3-9,12,17,26H,10-11,13-14H2,1-2H3,(H,24,25). The number of hydrogen-bond acceptors (Lipinski definition) is 4. The van der Waals surface area contributed by atoms with Gasteiger partial charge in [0, 0.05) is 35.8 Å². The second kappa shape index (κ2) is 6.82. The molecule has 0 amide bonds. The highest BCUT2D eigenvalue weighted by molar-refractivity contribution is 6.13. The smallest absolute Gasteiger partial charge is 0.214 e. The fourth-order valence-corrected chi connectivity index (χ4v) is 4.38. The number of guanidine groups is 1. The van der Waals surface area contributed by atoms with Crippen LogP contribution < -0.4 is 5.32 Å². The fourth-order valence-electron chi connectivity index (χ4n) is 4.38. The molecule has 0 fully saturated rings. The molecule has 0 saturated carbocycles. The van der Waals surface area contributed by atoms with Gasteiger partial charge in [-0.05, 0) is 43.4 Å². The maximum absolute atomic E-state index is 5.02. The van der Waals surface area contributed by atoms with Gasteiger partial charge in [-0.2, -0.15) is 5.10 Å². The number of hydrazone groups is 1. The Kier molecular flexibility index (Phi) is 4.15. The Hall–Kier alpha value is -3.08. The number of hydrogen-bond donors (Lipinski definition) is 2. The van der Waals surface area contributed by atoms with Gasteiger partial charge in [0.15, 0.2) is 0 Å². The van der Waals surface area contributed by atoms with Crippen LogP contribution in [0.15, 0.2) is 58.6 Å². The SMILES string of the molecule is Cc1ccc2[nH]c3c(c2c1)C(=NN(C)C1=NCCN1)CC(c1ccccc1)C3. The topological polar surface area (TPSA) is 55.8 Å². The molecule has 3 aromatic rings. The minimum absolute atomic E-state index is 0.425. The highest BCUT2D eigenvalue weighted by Crippen LogP contribution is 2.37. The van der Waals surface area contributed by atoms with Crippen molar-refractivity contribution in [3.05, 3.63) is 70.9 Å². The van der Waals surface area contributed by atoms with E-state index in [9.17, 15) is 0 Å². The third kappa shape index (κ3) is 2.97. The van der Waals surface area contributed by atoms with Crippen LogP contribution in [0.4, 0.5) is 0 Å². The van der Waals surface area contributed by atoms with Gasteiger partial charge in [0.25, 0.3) is 0 Å². The lowest BCUT2D eigenvalue weighted by Crippen LogP contribution is -2.33. The van der Waals surface area contributed by atoms with E-state index in [0.717, 1.165) is 37.6 Å². The molecule has 5 heteroatoms. The summed E-state index contributed by atoms with van der Waals surface area (Å²) < 4.78 is 0. The van der Waals surface area contributed by atoms with Crippen molar-refractivity contribution in [1.82, 2.24) is 15.3 Å². The van der Waals surface area contributed by atoms with Crippen LogP contribution in [-0.4, -0.2) is 41.8 Å². The molecule has 1 atom stereocenters. The minimum Gasteiger partial charge on any atom is -0.358 e. The number of rotatable bonds is 2. The summed E-state index contributed by atoms with van der Waals surface area (Å²) in [5, 5.41) is 11.5. The van der Waals surface area contributed by atoms with Crippen LogP contribution in [0.5, 0.6) is 0 Å². The van der Waals surface area contributed by atoms with E-state index >= 15 is 0 Å². The van der Waals surface area contributed by atoms with E-state index in [4.69, 9.17) is 5.10 Å². The molecule has 2 aromatic carbocycles. The van der Waals surface area contributed by atoms with E-state index < -0.39 is 0 Å². The zero-order chi connectivity index (χ0) is 19.1. The second-order valence-electron chi connectivity index (χ2n) is 7.75. The highest BCUT2D eigenvalue weighted by Gasteiger charge is 2.29. The van der Waals surface area contributed by atoms with E-state index in [2.05, 4.69) is 70.7 Å². The summed E-state index contributed by atoms with van der Waals surface area (Å²) in [5.74, 6) is 1.28. The molecule has 5 nitrogen and oxygen atoms in total. The molecule has 142 valence electrons. The molecule has 1 aromatic heterocycles. The first-order valence-corrected chi connectivity index (χ1v) is 9.95. The van der Waals surface area contributed by atoms with Crippen LogP contribution in [0.2, 0.25) is 0 Å². The van der Waals surface area contributed by atoms with Gasteiger partial charge in [-0.15, -0.1) is 0 Å². The molecule has 2 heterocycles. The molecule has 5 rings (SSSR count). The van der Waals surface area contributed by atoms with Gasteiger partial charge in [0.2, 0.25) is 5.96 Å². The van der Waals surface area contributed by atoms with Crippen molar-refractivity contribution in [2.45, 2.75) is 25.7 Å². The van der Waals surface area contributed by atoms with E-state index in [1.165, 1.54) is 33.3 Å². The zero-order valence-corrected chi connectivity index (χ0v) is 16.4. The normalized spacial score (nSPS) is 20.1. The van der Waals surface area contributed by atoms with Gasteiger partial charge in [-0.1, -0.05) is 42.0 Å². The molecular weight excluding hydrogens is 346 g/mol. The zero-order valence-electron chi connectivity index (χ0n) is 16.4. The van der Waals surface area contributed by atoms with Crippen molar-refractivity contribution in [1.29, 1.82) is 0 Å². The lowest BCUT2D eigenvalue weighted by Gasteiger charge is -2.26. The molecule has 1 unspecified atom stereocenters. The average molecular weight is 371 g/mol. The first kappa shape index (κ1) is 17.0. The van der Waals surface area contributed by atoms with Crippen molar-refractivity contribution in [2.75, 3.05) is 20.1 Å². The van der Waals surface area contributed by atoms with Crippen molar-refractivity contribution < 1.29 is 0 Å². The monoisotopic (exact) mass is 371 g/mol. The summed E-state index contributed by atoms with van der Waals surface area (Å²) in [6.45, 7) is 3.85. The van der Waals surface area contributed by atoms with Crippen LogP contribution in [0, 0.1) is 6.92 Å². The molecule has 0 bridgehead atoms. The number of nitrogens with one attached hydrogen (secondary N) is 2. The van der Waals surface area contributed by atoms with Crippen LogP contribution in [0.3, 0.4) is 0 Å². The summed E-state index contributed by atoms with van der Waals surface area (Å²) in [6, 6.07) is 17.4. The van der Waals surface area contributed by atoms with Crippen molar-refractivity contribution >= 4 is 22.6 Å². The summed E-state index contributed by atoms with van der Waals surface area (Å²) >= 11 is 0. The largest absolute Gasteiger partial charge is 0.358 e. The number of aryl methyl sites for hydroxylation is 1. The Morgan fingerprint density at radius 3 is 2.75 bits per heavy atom. The predicted molar refractivity (Wildman–Crippen MR) is 115 cm³/mol. The number of nitrogens with zero attached hydrogens (tertiary/aromatic N) is 3. The molecule has 28 heavy (non-hydrogen) atoms. The highest BCUT2D eigenvalue weighted by atomic mass is 15.5. The number of aromatic nitrogens is 1. The molecule has 0 saturated heterocycles. The predicted octanol–water partition coefficient (Wildman–Crippen LogP) is 3.80. The lowest BCUT2D eigenvalue weighted by atomic mass is 9.81. The minimum atomic E-state index is 0.425. The number of H-pyrrole nitrogens is 1. The quantitative estimate of drug-likeness (QED) is 0.673. The van der Waals surface area contributed by atoms with Gasteiger partial charge in [-0.3, -0.25) is 0 Å². The van der Waals surface area contributed by atoms with E-state index in [1.807, 2.05) is 12.1 Å². The van der Waals surface area contributed by atoms with E-state index in [1.54, 1.807) is 0 Å². The van der Waals surface area contributed by atoms with Crippen molar-refractivity contribution in [2.24, 2.45) is 10.1 Å². The first-order valence-electron chi connectivity index (χ1n) is 9.95. The second-order valence-corrected chi connectivity index (χ2v) is 7.75. The molecule has 0 radical (unpaired) electrons. The Balaban J connectivity index is 1.63. The van der Waals surface area contributed by atoms with Gasteiger partial charge >= 0.3 is 0 Å². The number of fused-ring (bicyclic) bond motifs is 3. The lowest BCUT2D eigenvalue weighted by molar-refractivity contribution is 0.521. The van der Waals surface area contributed by atoms with Crippen molar-refractivity contribution in [3.8, 4) is 0 Å². The number of benzene rings is 2. The Bertz CT molecular complexity index is 1080. The maximum Gasteiger partial charge on any atom is 0.214 e. The van der Waals surface area contributed by atoms with Crippen LogP contribution in [-0.2, 0) is 6.42 Å². The summed E-state index contributed by atoms with van der Waals surface area (Å²) in [7, 11) is 1.98. The Morgan fingerprint density at radius 2 is 1.96 bits per heavy atom. The third-order valence-corrected chi connectivity index (χ3v) is 5.72. The summed E-state index contributed by atoms with van der Waals surface area (Å²) in [5.41, 5.74) is 7.52. The maximum atomic E-state index is 5.02. The number of aromatic amines is 1. The van der Waals surface area contributed by atoms with Gasteiger partial charge < -0.3 is 10.3 Å². The molecule has 1 aliphatic carbocycles. The van der Waals surface area contributed by atoms with Crippen LogP contribution in [0.25, 0.3) is 10.9 Å². The van der Waals surface area contributed by atoms with Crippen LogP contribution in [0.1, 0.15) is 34.7 Å².